The maximum atomic E-state index is 5.95. The zero-order valence-corrected chi connectivity index (χ0v) is 11.8. The van der Waals surface area contributed by atoms with E-state index in [1.54, 1.807) is 0 Å². The molecule has 0 saturated carbocycles. The molecule has 1 fully saturated rings. The molecular formula is C16H22N2O. The van der Waals surface area contributed by atoms with Crippen LogP contribution in [0.1, 0.15) is 38.7 Å². The molecule has 1 saturated heterocycles. The molecule has 0 radical (unpaired) electrons. The van der Waals surface area contributed by atoms with Gasteiger partial charge in [0, 0.05) is 28.8 Å². The predicted octanol–water partition coefficient (Wildman–Crippen LogP) is 3.17. The summed E-state index contributed by atoms with van der Waals surface area (Å²) in [4.78, 5) is 0. The molecule has 1 atom stereocenters. The molecule has 102 valence electrons. The lowest BCUT2D eigenvalue weighted by Crippen LogP contribution is -2.51. The van der Waals surface area contributed by atoms with Crippen molar-refractivity contribution in [2.75, 3.05) is 12.3 Å². The van der Waals surface area contributed by atoms with Gasteiger partial charge in [0.05, 0.1) is 12.1 Å². The van der Waals surface area contributed by atoms with Crippen LogP contribution in [0.15, 0.2) is 30.5 Å². The Labute approximate surface area is 114 Å². The largest absolute Gasteiger partial charge is 0.493 e. The molecule has 3 nitrogen and oxygen atoms in total. The van der Waals surface area contributed by atoms with E-state index in [4.69, 9.17) is 10.5 Å². The van der Waals surface area contributed by atoms with Crippen LogP contribution in [0.3, 0.4) is 0 Å². The third-order valence-electron chi connectivity index (χ3n) is 4.69. The summed E-state index contributed by atoms with van der Waals surface area (Å²) in [6.45, 7) is 9.47. The van der Waals surface area contributed by atoms with E-state index < -0.39 is 0 Å². The molecule has 0 bridgehead atoms. The number of fused-ring (bicyclic) bond motifs is 2. The number of nitrogen functional groups attached to an aromatic ring is 1. The van der Waals surface area contributed by atoms with Gasteiger partial charge in [-0.2, -0.15) is 0 Å². The van der Waals surface area contributed by atoms with Gasteiger partial charge in [0.25, 0.3) is 0 Å². The monoisotopic (exact) mass is 258 g/mol. The van der Waals surface area contributed by atoms with E-state index in [1.807, 2.05) is 18.2 Å². The molecule has 2 aliphatic rings. The number of anilines is 1. The second kappa shape index (κ2) is 3.92. The van der Waals surface area contributed by atoms with E-state index >= 15 is 0 Å². The summed E-state index contributed by atoms with van der Waals surface area (Å²) in [5.74, 6) is 0.959. The van der Waals surface area contributed by atoms with Crippen LogP contribution in [0.5, 0.6) is 5.75 Å². The van der Waals surface area contributed by atoms with E-state index in [0.29, 0.717) is 0 Å². The van der Waals surface area contributed by atoms with Crippen LogP contribution >= 0.6 is 0 Å². The van der Waals surface area contributed by atoms with Crippen LogP contribution in [0.4, 0.5) is 5.69 Å². The summed E-state index contributed by atoms with van der Waals surface area (Å²) in [7, 11) is 0. The first-order valence-electron chi connectivity index (χ1n) is 6.93. The van der Waals surface area contributed by atoms with E-state index in [2.05, 4.69) is 25.7 Å². The van der Waals surface area contributed by atoms with Crippen LogP contribution in [0, 0.1) is 5.41 Å². The minimum Gasteiger partial charge on any atom is -0.493 e. The summed E-state index contributed by atoms with van der Waals surface area (Å²) in [6.07, 6.45) is 3.20. The molecule has 3 rings (SSSR count). The first-order valence-corrected chi connectivity index (χ1v) is 6.93. The van der Waals surface area contributed by atoms with Crippen molar-refractivity contribution in [3.05, 3.63) is 36.0 Å². The lowest BCUT2D eigenvalue weighted by atomic mass is 9.70. The standard InChI is InChI=1S/C16H22N2O/c1-11-15(2,3)6-7-16(18-11)8-9-19-14-5-4-12(17)10-13(14)16/h4-5,10,18H,1,6-9,17H2,2-3H3/t16-/m1/s1. The van der Waals surface area contributed by atoms with Gasteiger partial charge in [0.2, 0.25) is 0 Å². The SMILES string of the molecule is C=C1N[C@@]2(CCOc3ccc(N)cc32)CCC1(C)C. The molecule has 2 aliphatic heterocycles. The summed E-state index contributed by atoms with van der Waals surface area (Å²) in [6, 6.07) is 5.93. The number of hydrogen-bond acceptors (Lipinski definition) is 3. The van der Waals surface area contributed by atoms with Crippen molar-refractivity contribution in [1.29, 1.82) is 0 Å². The Balaban J connectivity index is 2.04. The van der Waals surface area contributed by atoms with Gasteiger partial charge < -0.3 is 15.8 Å². The van der Waals surface area contributed by atoms with E-state index in [0.717, 1.165) is 43.0 Å². The third kappa shape index (κ3) is 1.88. The summed E-state index contributed by atoms with van der Waals surface area (Å²) in [5, 5.41) is 3.68. The van der Waals surface area contributed by atoms with Gasteiger partial charge in [-0.1, -0.05) is 20.4 Å². The molecule has 3 heteroatoms. The number of rotatable bonds is 0. The summed E-state index contributed by atoms with van der Waals surface area (Å²) < 4.78 is 5.77. The highest BCUT2D eigenvalue weighted by Crippen LogP contribution is 2.48. The minimum absolute atomic E-state index is 0.0461. The van der Waals surface area contributed by atoms with Crippen LogP contribution < -0.4 is 15.8 Å². The van der Waals surface area contributed by atoms with Gasteiger partial charge >= 0.3 is 0 Å². The Hall–Kier alpha value is -1.64. The zero-order valence-electron chi connectivity index (χ0n) is 11.8. The van der Waals surface area contributed by atoms with Crippen molar-refractivity contribution in [2.45, 2.75) is 38.6 Å². The second-order valence-corrected chi connectivity index (χ2v) is 6.42. The van der Waals surface area contributed by atoms with Crippen LogP contribution in [0.2, 0.25) is 0 Å². The molecule has 2 heterocycles. The highest BCUT2D eigenvalue weighted by atomic mass is 16.5. The quantitative estimate of drug-likeness (QED) is 0.703. The maximum absolute atomic E-state index is 5.95. The number of piperidine rings is 1. The molecule has 1 spiro atoms. The van der Waals surface area contributed by atoms with E-state index in [-0.39, 0.29) is 11.0 Å². The fourth-order valence-electron chi connectivity index (χ4n) is 3.10. The number of ether oxygens (including phenoxy) is 1. The lowest BCUT2D eigenvalue weighted by molar-refractivity contribution is 0.132. The lowest BCUT2D eigenvalue weighted by Gasteiger charge is -2.49. The van der Waals surface area contributed by atoms with Crippen molar-refractivity contribution >= 4 is 5.69 Å². The number of hydrogen-bond donors (Lipinski definition) is 2. The fraction of sp³-hybridized carbons (Fsp3) is 0.500. The van der Waals surface area contributed by atoms with Gasteiger partial charge in [-0.15, -0.1) is 0 Å². The molecule has 3 N–H and O–H groups in total. The molecule has 1 aromatic carbocycles. The number of nitrogens with two attached hydrogens (primary N) is 1. The van der Waals surface area contributed by atoms with E-state index in [1.165, 1.54) is 5.56 Å². The molecule has 0 amide bonds. The first-order chi connectivity index (χ1) is 8.93. The van der Waals surface area contributed by atoms with Crippen molar-refractivity contribution in [3.63, 3.8) is 0 Å². The summed E-state index contributed by atoms with van der Waals surface area (Å²) >= 11 is 0. The van der Waals surface area contributed by atoms with Gasteiger partial charge in [0.1, 0.15) is 5.75 Å². The molecule has 1 aromatic rings. The maximum Gasteiger partial charge on any atom is 0.124 e. The Morgan fingerprint density at radius 2 is 2.05 bits per heavy atom. The number of nitrogens with one attached hydrogen (secondary N) is 1. The fourth-order valence-corrected chi connectivity index (χ4v) is 3.10. The molecular weight excluding hydrogens is 236 g/mol. The molecule has 0 unspecified atom stereocenters. The average molecular weight is 258 g/mol. The number of allylic oxidation sites excluding steroid dienone is 1. The Morgan fingerprint density at radius 3 is 2.79 bits per heavy atom. The Morgan fingerprint density at radius 1 is 1.26 bits per heavy atom. The Kier molecular flexibility index (Phi) is 2.56. The molecule has 0 aromatic heterocycles. The molecule has 19 heavy (non-hydrogen) atoms. The van der Waals surface area contributed by atoms with Gasteiger partial charge in [-0.3, -0.25) is 0 Å². The van der Waals surface area contributed by atoms with Crippen molar-refractivity contribution in [2.24, 2.45) is 5.41 Å². The first kappa shape index (κ1) is 12.4. The van der Waals surface area contributed by atoms with Crippen LogP contribution in [-0.2, 0) is 5.54 Å². The van der Waals surface area contributed by atoms with Crippen molar-refractivity contribution in [3.8, 4) is 5.75 Å². The average Bonchev–Trinajstić information content (AvgIpc) is 2.36. The van der Waals surface area contributed by atoms with E-state index in [9.17, 15) is 0 Å². The third-order valence-corrected chi connectivity index (χ3v) is 4.69. The number of benzene rings is 1. The smallest absolute Gasteiger partial charge is 0.124 e. The highest BCUT2D eigenvalue weighted by molar-refractivity contribution is 5.52. The van der Waals surface area contributed by atoms with Gasteiger partial charge in [0.15, 0.2) is 0 Å². The van der Waals surface area contributed by atoms with Crippen molar-refractivity contribution in [1.82, 2.24) is 5.32 Å². The van der Waals surface area contributed by atoms with Gasteiger partial charge in [-0.25, -0.2) is 0 Å². The minimum atomic E-state index is -0.0461. The van der Waals surface area contributed by atoms with Crippen molar-refractivity contribution < 1.29 is 4.74 Å². The topological polar surface area (TPSA) is 47.3 Å². The second-order valence-electron chi connectivity index (χ2n) is 6.42. The molecule has 0 aliphatic carbocycles. The van der Waals surface area contributed by atoms with Crippen LogP contribution in [0.25, 0.3) is 0 Å². The van der Waals surface area contributed by atoms with Crippen LogP contribution in [-0.4, -0.2) is 6.61 Å². The zero-order chi connectivity index (χ0) is 13.7. The highest BCUT2D eigenvalue weighted by Gasteiger charge is 2.44. The normalized spacial score (nSPS) is 28.4. The predicted molar refractivity (Wildman–Crippen MR) is 77.9 cm³/mol. The van der Waals surface area contributed by atoms with Gasteiger partial charge in [-0.05, 0) is 31.0 Å². The Bertz CT molecular complexity index is 536. The summed E-state index contributed by atoms with van der Waals surface area (Å²) in [5.41, 5.74) is 9.17.